The SMILES string of the molecule is Cc1ccc2c(c1)[C@H](N1CCCC1=O)C[C@H](c1ccco1)N2. The quantitative estimate of drug-likeness (QED) is 0.916. The average Bonchev–Trinajstić information content (AvgIpc) is 3.18. The van der Waals surface area contributed by atoms with E-state index < -0.39 is 0 Å². The number of anilines is 1. The van der Waals surface area contributed by atoms with E-state index in [0.29, 0.717) is 6.42 Å². The van der Waals surface area contributed by atoms with Gasteiger partial charge in [0.25, 0.3) is 0 Å². The first kappa shape index (κ1) is 13.4. The second kappa shape index (κ2) is 5.20. The summed E-state index contributed by atoms with van der Waals surface area (Å²) in [5.41, 5.74) is 3.58. The van der Waals surface area contributed by atoms with Gasteiger partial charge in [-0.1, -0.05) is 17.7 Å². The largest absolute Gasteiger partial charge is 0.467 e. The molecule has 2 aliphatic rings. The smallest absolute Gasteiger partial charge is 0.223 e. The normalized spacial score (nSPS) is 24.2. The van der Waals surface area contributed by atoms with Gasteiger partial charge >= 0.3 is 0 Å². The maximum Gasteiger partial charge on any atom is 0.223 e. The number of rotatable bonds is 2. The van der Waals surface area contributed by atoms with Crippen LogP contribution in [0.25, 0.3) is 0 Å². The maximum absolute atomic E-state index is 12.2. The zero-order chi connectivity index (χ0) is 15.1. The highest BCUT2D eigenvalue weighted by Crippen LogP contribution is 2.43. The fourth-order valence-corrected chi connectivity index (χ4v) is 3.66. The fourth-order valence-electron chi connectivity index (χ4n) is 3.66. The van der Waals surface area contributed by atoms with Crippen LogP contribution in [-0.4, -0.2) is 17.4 Å². The molecule has 3 heterocycles. The molecule has 1 fully saturated rings. The summed E-state index contributed by atoms with van der Waals surface area (Å²) in [4.78, 5) is 14.3. The number of amides is 1. The lowest BCUT2D eigenvalue weighted by atomic mass is 9.89. The molecule has 2 aromatic rings. The summed E-state index contributed by atoms with van der Waals surface area (Å²) < 4.78 is 5.58. The monoisotopic (exact) mass is 296 g/mol. The van der Waals surface area contributed by atoms with Crippen LogP contribution in [0.3, 0.4) is 0 Å². The molecule has 4 heteroatoms. The minimum Gasteiger partial charge on any atom is -0.467 e. The van der Waals surface area contributed by atoms with Crippen molar-refractivity contribution in [2.24, 2.45) is 0 Å². The van der Waals surface area contributed by atoms with Crippen LogP contribution in [0.1, 0.15) is 48.2 Å². The topological polar surface area (TPSA) is 45.5 Å². The maximum atomic E-state index is 12.2. The second-order valence-electron chi connectivity index (χ2n) is 6.25. The number of fused-ring (bicyclic) bond motifs is 1. The van der Waals surface area contributed by atoms with E-state index in [2.05, 4.69) is 35.3 Å². The second-order valence-corrected chi connectivity index (χ2v) is 6.25. The number of benzene rings is 1. The molecule has 0 saturated carbocycles. The van der Waals surface area contributed by atoms with E-state index in [0.717, 1.165) is 30.8 Å². The summed E-state index contributed by atoms with van der Waals surface area (Å²) in [5.74, 6) is 1.21. The molecule has 1 saturated heterocycles. The lowest BCUT2D eigenvalue weighted by molar-refractivity contribution is -0.130. The molecule has 0 aliphatic carbocycles. The zero-order valence-corrected chi connectivity index (χ0v) is 12.7. The van der Waals surface area contributed by atoms with Gasteiger partial charge in [-0.05, 0) is 43.5 Å². The van der Waals surface area contributed by atoms with E-state index in [9.17, 15) is 4.79 Å². The van der Waals surface area contributed by atoms with Gasteiger partial charge < -0.3 is 14.6 Å². The zero-order valence-electron chi connectivity index (χ0n) is 12.7. The molecule has 4 rings (SSSR count). The molecule has 1 N–H and O–H groups in total. The summed E-state index contributed by atoms with van der Waals surface area (Å²) >= 11 is 0. The molecule has 1 amide bonds. The van der Waals surface area contributed by atoms with Gasteiger partial charge in [0.05, 0.1) is 18.3 Å². The van der Waals surface area contributed by atoms with E-state index in [1.807, 2.05) is 12.1 Å². The van der Waals surface area contributed by atoms with Crippen molar-refractivity contribution < 1.29 is 9.21 Å². The van der Waals surface area contributed by atoms with Gasteiger partial charge in [-0.15, -0.1) is 0 Å². The molecule has 0 spiro atoms. The van der Waals surface area contributed by atoms with Crippen molar-refractivity contribution in [2.75, 3.05) is 11.9 Å². The Balaban J connectivity index is 1.75. The van der Waals surface area contributed by atoms with Crippen molar-refractivity contribution in [3.63, 3.8) is 0 Å². The van der Waals surface area contributed by atoms with Crippen molar-refractivity contribution in [2.45, 2.75) is 38.3 Å². The molecular weight excluding hydrogens is 276 g/mol. The van der Waals surface area contributed by atoms with Gasteiger partial charge in [0.1, 0.15) is 5.76 Å². The highest BCUT2D eigenvalue weighted by atomic mass is 16.3. The first-order chi connectivity index (χ1) is 10.7. The molecule has 1 aromatic heterocycles. The van der Waals surface area contributed by atoms with Crippen molar-refractivity contribution in [3.05, 3.63) is 53.5 Å². The predicted octanol–water partition coefficient (Wildman–Crippen LogP) is 3.81. The fraction of sp³-hybridized carbons (Fsp3) is 0.389. The van der Waals surface area contributed by atoms with Gasteiger partial charge in [0, 0.05) is 18.7 Å². The number of hydrogen-bond acceptors (Lipinski definition) is 3. The Kier molecular flexibility index (Phi) is 3.17. The van der Waals surface area contributed by atoms with Gasteiger partial charge in [-0.2, -0.15) is 0 Å². The highest BCUT2D eigenvalue weighted by molar-refractivity contribution is 5.79. The molecule has 0 radical (unpaired) electrons. The lowest BCUT2D eigenvalue weighted by Gasteiger charge is -2.37. The average molecular weight is 296 g/mol. The lowest BCUT2D eigenvalue weighted by Crippen LogP contribution is -2.35. The number of likely N-dealkylation sites (tertiary alicyclic amines) is 1. The molecule has 0 bridgehead atoms. The van der Waals surface area contributed by atoms with Crippen LogP contribution in [0.4, 0.5) is 5.69 Å². The summed E-state index contributed by atoms with van der Waals surface area (Å²) in [5, 5.41) is 3.56. The van der Waals surface area contributed by atoms with Crippen molar-refractivity contribution >= 4 is 11.6 Å². The van der Waals surface area contributed by atoms with Crippen LogP contribution in [0.5, 0.6) is 0 Å². The number of nitrogens with zero attached hydrogens (tertiary/aromatic N) is 1. The van der Waals surface area contributed by atoms with Crippen LogP contribution in [0.15, 0.2) is 41.0 Å². The molecular formula is C18H20N2O2. The number of furan rings is 1. The molecule has 4 nitrogen and oxygen atoms in total. The molecule has 2 aliphatic heterocycles. The Morgan fingerprint density at radius 1 is 1.32 bits per heavy atom. The number of aryl methyl sites for hydroxylation is 1. The van der Waals surface area contributed by atoms with Crippen LogP contribution >= 0.6 is 0 Å². The molecule has 22 heavy (non-hydrogen) atoms. The van der Waals surface area contributed by atoms with Crippen LogP contribution in [0.2, 0.25) is 0 Å². The van der Waals surface area contributed by atoms with Crippen LogP contribution < -0.4 is 5.32 Å². The van der Waals surface area contributed by atoms with Crippen molar-refractivity contribution in [3.8, 4) is 0 Å². The highest BCUT2D eigenvalue weighted by Gasteiger charge is 2.36. The standard InChI is InChI=1S/C18H20N2O2/c1-12-6-7-14-13(10-12)16(20-8-2-5-18(20)21)11-15(19-14)17-4-3-9-22-17/h3-4,6-7,9-10,15-16,19H,2,5,8,11H2,1H3/t15-,16-/m1/s1. The first-order valence-electron chi connectivity index (χ1n) is 7.92. The Bertz CT molecular complexity index is 693. The Hall–Kier alpha value is -2.23. The molecule has 0 unspecified atom stereocenters. The van der Waals surface area contributed by atoms with Crippen LogP contribution in [-0.2, 0) is 4.79 Å². The van der Waals surface area contributed by atoms with E-state index >= 15 is 0 Å². The summed E-state index contributed by atoms with van der Waals surface area (Å²) in [6.07, 6.45) is 4.21. The number of carbonyl (C=O) groups excluding carboxylic acids is 1. The van der Waals surface area contributed by atoms with Gasteiger partial charge in [0.2, 0.25) is 5.91 Å². The van der Waals surface area contributed by atoms with Gasteiger partial charge in [0.15, 0.2) is 0 Å². The van der Waals surface area contributed by atoms with Crippen molar-refractivity contribution in [1.82, 2.24) is 4.90 Å². The summed E-state index contributed by atoms with van der Waals surface area (Å²) in [7, 11) is 0. The van der Waals surface area contributed by atoms with Crippen molar-refractivity contribution in [1.29, 1.82) is 0 Å². The third kappa shape index (κ3) is 2.19. The first-order valence-corrected chi connectivity index (χ1v) is 7.92. The summed E-state index contributed by atoms with van der Waals surface area (Å²) in [6, 6.07) is 10.6. The Morgan fingerprint density at radius 2 is 2.23 bits per heavy atom. The molecule has 114 valence electrons. The molecule has 1 aromatic carbocycles. The van der Waals surface area contributed by atoms with E-state index in [-0.39, 0.29) is 18.0 Å². The Morgan fingerprint density at radius 3 is 2.95 bits per heavy atom. The number of carbonyl (C=O) groups is 1. The van der Waals surface area contributed by atoms with E-state index in [1.54, 1.807) is 6.26 Å². The van der Waals surface area contributed by atoms with E-state index in [1.165, 1.54) is 11.1 Å². The Labute approximate surface area is 130 Å². The minimum atomic E-state index is 0.114. The van der Waals surface area contributed by atoms with Gasteiger partial charge in [-0.3, -0.25) is 4.79 Å². The number of nitrogens with one attached hydrogen (secondary N) is 1. The third-order valence-electron chi connectivity index (χ3n) is 4.73. The molecule has 2 atom stereocenters. The van der Waals surface area contributed by atoms with E-state index in [4.69, 9.17) is 4.42 Å². The number of hydrogen-bond donors (Lipinski definition) is 1. The predicted molar refractivity (Wildman–Crippen MR) is 84.6 cm³/mol. The summed E-state index contributed by atoms with van der Waals surface area (Å²) in [6.45, 7) is 2.96. The minimum absolute atomic E-state index is 0.114. The van der Waals surface area contributed by atoms with Crippen LogP contribution in [0, 0.1) is 6.92 Å². The van der Waals surface area contributed by atoms with Gasteiger partial charge in [-0.25, -0.2) is 0 Å². The third-order valence-corrected chi connectivity index (χ3v) is 4.73.